The van der Waals surface area contributed by atoms with Crippen LogP contribution in [0.4, 0.5) is 5.69 Å². The Morgan fingerprint density at radius 2 is 1.35 bits per heavy atom. The van der Waals surface area contributed by atoms with Crippen molar-refractivity contribution < 1.29 is 14.3 Å². The molecule has 0 fully saturated rings. The van der Waals surface area contributed by atoms with Crippen LogP contribution in [0.5, 0.6) is 11.5 Å². The van der Waals surface area contributed by atoms with Crippen LogP contribution in [0.3, 0.4) is 0 Å². The van der Waals surface area contributed by atoms with Crippen molar-refractivity contribution in [3.63, 3.8) is 0 Å². The van der Waals surface area contributed by atoms with Crippen molar-refractivity contribution in [1.82, 2.24) is 0 Å². The summed E-state index contributed by atoms with van der Waals surface area (Å²) >= 11 is 0. The van der Waals surface area contributed by atoms with Crippen LogP contribution in [-0.4, -0.2) is 19.0 Å². The molecule has 0 unspecified atom stereocenters. The molecule has 2 N–H and O–H groups in total. The molecule has 20 heavy (non-hydrogen) atoms. The van der Waals surface area contributed by atoms with E-state index >= 15 is 0 Å². The number of carbonyl (C=O) groups is 1. The fourth-order valence-corrected chi connectivity index (χ4v) is 1.67. The molecular formula is C16H17NO3. The summed E-state index contributed by atoms with van der Waals surface area (Å²) < 4.78 is 11.0. The molecular weight excluding hydrogens is 254 g/mol. The maximum Gasteiger partial charge on any atom is 0.159 e. The van der Waals surface area contributed by atoms with Crippen molar-refractivity contribution in [3.05, 3.63) is 54.1 Å². The van der Waals surface area contributed by atoms with Crippen LogP contribution >= 0.6 is 0 Å². The predicted molar refractivity (Wildman–Crippen MR) is 78.3 cm³/mol. The van der Waals surface area contributed by atoms with Gasteiger partial charge < -0.3 is 15.2 Å². The summed E-state index contributed by atoms with van der Waals surface area (Å²) in [6.45, 7) is 2.42. The van der Waals surface area contributed by atoms with Crippen molar-refractivity contribution >= 4 is 11.5 Å². The fourth-order valence-electron chi connectivity index (χ4n) is 1.67. The van der Waals surface area contributed by atoms with Crippen LogP contribution in [0.2, 0.25) is 0 Å². The minimum atomic E-state index is 0.0447. The number of nitrogens with two attached hydrogens (primary N) is 1. The topological polar surface area (TPSA) is 61.5 Å². The van der Waals surface area contributed by atoms with Gasteiger partial charge in [-0.3, -0.25) is 4.79 Å². The van der Waals surface area contributed by atoms with Gasteiger partial charge in [-0.05, 0) is 55.5 Å². The molecule has 0 heterocycles. The van der Waals surface area contributed by atoms with Crippen LogP contribution in [-0.2, 0) is 0 Å². The highest BCUT2D eigenvalue weighted by Gasteiger charge is 2.00. The fraction of sp³-hybridized carbons (Fsp3) is 0.188. The van der Waals surface area contributed by atoms with Crippen LogP contribution < -0.4 is 15.2 Å². The normalized spacial score (nSPS) is 10.1. The third kappa shape index (κ3) is 4.02. The zero-order valence-corrected chi connectivity index (χ0v) is 11.3. The number of hydrogen-bond acceptors (Lipinski definition) is 4. The van der Waals surface area contributed by atoms with Gasteiger partial charge in [0.05, 0.1) is 0 Å². The third-order valence-electron chi connectivity index (χ3n) is 2.76. The average Bonchev–Trinajstić information content (AvgIpc) is 2.46. The second kappa shape index (κ2) is 6.61. The molecule has 0 spiro atoms. The Balaban J connectivity index is 1.75. The van der Waals surface area contributed by atoms with E-state index in [0.717, 1.165) is 11.5 Å². The first-order chi connectivity index (χ1) is 9.65. The molecule has 0 aliphatic rings. The summed E-state index contributed by atoms with van der Waals surface area (Å²) in [7, 11) is 0. The highest BCUT2D eigenvalue weighted by atomic mass is 16.5. The summed E-state index contributed by atoms with van der Waals surface area (Å²) in [6.07, 6.45) is 0. The van der Waals surface area contributed by atoms with Gasteiger partial charge in [-0.2, -0.15) is 0 Å². The van der Waals surface area contributed by atoms with Crippen molar-refractivity contribution in [3.8, 4) is 11.5 Å². The largest absolute Gasteiger partial charge is 0.490 e. The van der Waals surface area contributed by atoms with Gasteiger partial charge >= 0.3 is 0 Å². The number of Topliss-reactive ketones (excluding diaryl/α,β-unsaturated/α-hetero) is 1. The molecule has 4 nitrogen and oxygen atoms in total. The third-order valence-corrected chi connectivity index (χ3v) is 2.76. The number of nitrogen functional groups attached to an aromatic ring is 1. The Morgan fingerprint density at radius 1 is 0.900 bits per heavy atom. The van der Waals surface area contributed by atoms with E-state index < -0.39 is 0 Å². The van der Waals surface area contributed by atoms with E-state index in [0.29, 0.717) is 24.5 Å². The molecule has 2 aromatic carbocycles. The molecule has 0 radical (unpaired) electrons. The van der Waals surface area contributed by atoms with E-state index in [4.69, 9.17) is 15.2 Å². The summed E-state index contributed by atoms with van der Waals surface area (Å²) in [4.78, 5) is 11.1. The minimum absolute atomic E-state index is 0.0447. The Kier molecular flexibility index (Phi) is 4.60. The van der Waals surface area contributed by atoms with E-state index in [-0.39, 0.29) is 5.78 Å². The average molecular weight is 271 g/mol. The van der Waals surface area contributed by atoms with Crippen LogP contribution in [0, 0.1) is 0 Å². The first-order valence-electron chi connectivity index (χ1n) is 6.37. The van der Waals surface area contributed by atoms with Gasteiger partial charge in [0.2, 0.25) is 0 Å². The van der Waals surface area contributed by atoms with E-state index in [9.17, 15) is 4.79 Å². The first-order valence-corrected chi connectivity index (χ1v) is 6.37. The van der Waals surface area contributed by atoms with E-state index in [2.05, 4.69) is 0 Å². The molecule has 0 atom stereocenters. The number of ether oxygens (including phenoxy) is 2. The molecule has 104 valence electrons. The lowest BCUT2D eigenvalue weighted by atomic mass is 10.1. The monoisotopic (exact) mass is 271 g/mol. The lowest BCUT2D eigenvalue weighted by Gasteiger charge is -2.08. The Labute approximate surface area is 118 Å². The highest BCUT2D eigenvalue weighted by molar-refractivity contribution is 5.94. The zero-order valence-electron chi connectivity index (χ0n) is 11.3. The summed E-state index contributed by atoms with van der Waals surface area (Å²) in [6, 6.07) is 14.3. The zero-order chi connectivity index (χ0) is 14.4. The molecule has 0 amide bonds. The number of ketones is 1. The highest BCUT2D eigenvalue weighted by Crippen LogP contribution is 2.14. The summed E-state index contributed by atoms with van der Waals surface area (Å²) in [5.41, 5.74) is 6.97. The molecule has 0 aliphatic heterocycles. The molecule has 0 aromatic heterocycles. The molecule has 0 aliphatic carbocycles. The van der Waals surface area contributed by atoms with Crippen LogP contribution in [0.25, 0.3) is 0 Å². The van der Waals surface area contributed by atoms with E-state index in [1.165, 1.54) is 6.92 Å². The maximum absolute atomic E-state index is 11.1. The van der Waals surface area contributed by atoms with Crippen LogP contribution in [0.1, 0.15) is 17.3 Å². The number of hydrogen-bond donors (Lipinski definition) is 1. The Morgan fingerprint density at radius 3 is 1.80 bits per heavy atom. The Bertz CT molecular complexity index is 561. The van der Waals surface area contributed by atoms with E-state index in [1.807, 2.05) is 12.1 Å². The second-order valence-corrected chi connectivity index (χ2v) is 4.35. The van der Waals surface area contributed by atoms with Gasteiger partial charge in [0, 0.05) is 11.3 Å². The predicted octanol–water partition coefficient (Wildman–Crippen LogP) is 2.93. The first kappa shape index (κ1) is 13.9. The lowest BCUT2D eigenvalue weighted by Crippen LogP contribution is -2.09. The van der Waals surface area contributed by atoms with Crippen LogP contribution in [0.15, 0.2) is 48.5 Å². The second-order valence-electron chi connectivity index (χ2n) is 4.35. The van der Waals surface area contributed by atoms with Crippen molar-refractivity contribution in [2.45, 2.75) is 6.92 Å². The maximum atomic E-state index is 11.1. The smallest absolute Gasteiger partial charge is 0.159 e. The van der Waals surface area contributed by atoms with Gasteiger partial charge in [-0.1, -0.05) is 0 Å². The van der Waals surface area contributed by atoms with Crippen molar-refractivity contribution in [1.29, 1.82) is 0 Å². The number of anilines is 1. The van der Waals surface area contributed by atoms with Gasteiger partial charge in [0.15, 0.2) is 5.78 Å². The number of rotatable bonds is 6. The molecule has 2 aromatic rings. The minimum Gasteiger partial charge on any atom is -0.490 e. The number of benzene rings is 2. The van der Waals surface area contributed by atoms with Gasteiger partial charge in [-0.15, -0.1) is 0 Å². The molecule has 4 heteroatoms. The van der Waals surface area contributed by atoms with Gasteiger partial charge in [-0.25, -0.2) is 0 Å². The van der Waals surface area contributed by atoms with E-state index in [1.54, 1.807) is 36.4 Å². The molecule has 0 bridgehead atoms. The van der Waals surface area contributed by atoms with Crippen molar-refractivity contribution in [2.75, 3.05) is 18.9 Å². The summed E-state index contributed by atoms with van der Waals surface area (Å²) in [5, 5.41) is 0. The molecule has 0 saturated carbocycles. The van der Waals surface area contributed by atoms with Gasteiger partial charge in [0.25, 0.3) is 0 Å². The standard InChI is InChI=1S/C16H17NO3/c1-12(18)13-2-6-15(7-3-13)19-10-11-20-16-8-4-14(17)5-9-16/h2-9H,10-11,17H2,1H3. The SMILES string of the molecule is CC(=O)c1ccc(OCCOc2ccc(N)cc2)cc1. The van der Waals surface area contributed by atoms with Crippen molar-refractivity contribution in [2.24, 2.45) is 0 Å². The lowest BCUT2D eigenvalue weighted by molar-refractivity contribution is 0.101. The quantitative estimate of drug-likeness (QED) is 0.498. The molecule has 0 saturated heterocycles. The van der Waals surface area contributed by atoms with Gasteiger partial charge in [0.1, 0.15) is 24.7 Å². The molecule has 2 rings (SSSR count). The number of carbonyl (C=O) groups excluding carboxylic acids is 1. The Hall–Kier alpha value is -2.49. The summed E-state index contributed by atoms with van der Waals surface area (Å²) in [5.74, 6) is 1.52.